The van der Waals surface area contributed by atoms with Crippen molar-refractivity contribution in [1.29, 1.82) is 0 Å². The molecule has 0 atom stereocenters. The number of rotatable bonds is 1. The Morgan fingerprint density at radius 3 is 2.35 bits per heavy atom. The maximum Gasteiger partial charge on any atom is 0.167 e. The van der Waals surface area contributed by atoms with E-state index in [2.05, 4.69) is 81.7 Å². The average molecular weight is 522 g/mol. The van der Waals surface area contributed by atoms with Crippen LogP contribution in [0, 0.1) is 12.6 Å². The van der Waals surface area contributed by atoms with E-state index in [4.69, 9.17) is 0 Å². The number of likely N-dealkylation sites (N-methyl/N-ethyl adjacent to an activating group) is 1. The minimum atomic E-state index is 0. The molecule has 1 nitrogen and oxygen atoms in total. The molecule has 2 heterocycles. The second-order valence-corrected chi connectivity index (χ2v) is 9.24. The van der Waals surface area contributed by atoms with Crippen LogP contribution in [0.3, 0.4) is 0 Å². The van der Waals surface area contributed by atoms with Crippen molar-refractivity contribution < 1.29 is 20.1 Å². The third-order valence-electron chi connectivity index (χ3n) is 7.56. The van der Waals surface area contributed by atoms with Crippen LogP contribution in [0.15, 0.2) is 36.4 Å². The van der Waals surface area contributed by atoms with Crippen LogP contribution in [-0.2, 0) is 30.9 Å². The smallest absolute Gasteiger partial charge is 0.167 e. The van der Waals surface area contributed by atoms with Crippen LogP contribution < -0.4 is 0 Å². The number of hydrogen-bond donors (Lipinski definition) is 0. The monoisotopic (exact) mass is 522 g/mol. The van der Waals surface area contributed by atoms with Crippen molar-refractivity contribution in [1.82, 2.24) is 4.90 Å². The first kappa shape index (κ1) is 18.3. The fraction of sp³-hybridized carbons (Fsp3) is 0.458. The van der Waals surface area contributed by atoms with Gasteiger partial charge in [0.1, 0.15) is 5.41 Å². The zero-order chi connectivity index (χ0) is 17.4. The Kier molecular flexibility index (Phi) is 4.02. The fourth-order valence-electron chi connectivity index (χ4n) is 5.51. The average Bonchev–Trinajstić information content (AvgIpc) is 2.85. The predicted octanol–water partition coefficient (Wildman–Crippen LogP) is 5.47. The summed E-state index contributed by atoms with van der Waals surface area (Å²) in [5.74, 6) is 0. The van der Waals surface area contributed by atoms with E-state index in [0.717, 1.165) is 0 Å². The van der Waals surface area contributed by atoms with Gasteiger partial charge in [0.15, 0.2) is 6.54 Å². The molecule has 2 aromatic carbocycles. The topological polar surface area (TPSA) is 3.24 Å². The Labute approximate surface area is 171 Å². The Morgan fingerprint density at radius 2 is 1.65 bits per heavy atom. The molecule has 1 radical (unpaired) electrons. The number of nitrogens with zero attached hydrogens (tertiary/aromatic N) is 1. The summed E-state index contributed by atoms with van der Waals surface area (Å²) in [6.45, 7) is 9.66. The fourth-order valence-corrected chi connectivity index (χ4v) is 5.51. The summed E-state index contributed by atoms with van der Waals surface area (Å²) in [5, 5.41) is 0. The molecule has 0 N–H and O–H groups in total. The quantitative estimate of drug-likeness (QED) is 0.450. The van der Waals surface area contributed by atoms with Gasteiger partial charge >= 0.3 is 0 Å². The van der Waals surface area contributed by atoms with Crippen LogP contribution in [0.1, 0.15) is 63.1 Å². The van der Waals surface area contributed by atoms with Crippen LogP contribution in [0.2, 0.25) is 0 Å². The van der Waals surface area contributed by atoms with Crippen molar-refractivity contribution in [3.8, 4) is 11.1 Å². The second-order valence-electron chi connectivity index (χ2n) is 9.24. The van der Waals surface area contributed by atoms with E-state index in [0.29, 0.717) is 5.54 Å². The van der Waals surface area contributed by atoms with E-state index in [1.807, 2.05) is 0 Å². The minimum Gasteiger partial charge on any atom is -0.175 e. The Hall–Kier alpha value is -1.08. The molecule has 137 valence electrons. The first-order valence-electron chi connectivity index (χ1n) is 9.61. The second kappa shape index (κ2) is 5.71. The van der Waals surface area contributed by atoms with Gasteiger partial charge in [0.25, 0.3) is 0 Å². The van der Waals surface area contributed by atoms with Gasteiger partial charge in [-0.2, -0.15) is 18.2 Å². The predicted molar refractivity (Wildman–Crippen MR) is 103 cm³/mol. The van der Waals surface area contributed by atoms with Crippen LogP contribution >= 0.6 is 0 Å². The summed E-state index contributed by atoms with van der Waals surface area (Å²) in [7, 11) is 2.26. The van der Waals surface area contributed by atoms with Gasteiger partial charge in [0.05, 0.1) is 5.54 Å². The van der Waals surface area contributed by atoms with Crippen LogP contribution in [0.5, 0.6) is 0 Å². The third-order valence-corrected chi connectivity index (χ3v) is 7.56. The van der Waals surface area contributed by atoms with E-state index in [1.54, 1.807) is 0 Å². The largest absolute Gasteiger partial charge is 0.175 e. The van der Waals surface area contributed by atoms with Gasteiger partial charge in [-0.1, -0.05) is 43.7 Å². The van der Waals surface area contributed by atoms with E-state index in [1.165, 1.54) is 53.5 Å². The number of fused-ring (bicyclic) bond motifs is 6. The minimum absolute atomic E-state index is 0. The van der Waals surface area contributed by atoms with Crippen LogP contribution in [-0.4, -0.2) is 17.5 Å². The van der Waals surface area contributed by atoms with Crippen molar-refractivity contribution in [3.63, 3.8) is 0 Å². The van der Waals surface area contributed by atoms with Gasteiger partial charge in [-0.25, -0.2) is 0 Å². The molecule has 2 aliphatic heterocycles. The summed E-state index contributed by atoms with van der Waals surface area (Å²) < 4.78 is 0. The number of piperidine rings is 2. The molecule has 26 heavy (non-hydrogen) atoms. The molecule has 2 aromatic rings. The van der Waals surface area contributed by atoms with E-state index < -0.39 is 0 Å². The molecule has 0 unspecified atom stereocenters. The Bertz CT molecular complexity index is 858. The van der Waals surface area contributed by atoms with Crippen LogP contribution in [0.25, 0.3) is 11.1 Å². The molecule has 6 rings (SSSR count). The molecule has 2 saturated heterocycles. The maximum absolute atomic E-state index is 3.71. The van der Waals surface area contributed by atoms with E-state index in [9.17, 15) is 0 Å². The molecule has 1 saturated carbocycles. The first-order valence-corrected chi connectivity index (χ1v) is 9.61. The first-order chi connectivity index (χ1) is 11.9. The van der Waals surface area contributed by atoms with Gasteiger partial charge in [0, 0.05) is 27.2 Å². The summed E-state index contributed by atoms with van der Waals surface area (Å²) in [6.07, 6.45) is 5.09. The van der Waals surface area contributed by atoms with Crippen molar-refractivity contribution in [2.75, 3.05) is 7.05 Å². The normalized spacial score (nSPS) is 30.9. The number of benzene rings is 2. The molecule has 0 spiro atoms. The van der Waals surface area contributed by atoms with Gasteiger partial charge in [-0.05, 0) is 43.6 Å². The van der Waals surface area contributed by atoms with Crippen molar-refractivity contribution in [2.45, 2.75) is 62.8 Å². The molecule has 2 bridgehead atoms. The van der Waals surface area contributed by atoms with Gasteiger partial charge in [-0.15, -0.1) is 21.6 Å². The summed E-state index contributed by atoms with van der Waals surface area (Å²) in [6, 6.07) is 17.3. The van der Waals surface area contributed by atoms with E-state index >= 15 is 0 Å². The van der Waals surface area contributed by atoms with E-state index in [-0.39, 0.29) is 30.9 Å². The molecule has 0 amide bonds. The van der Waals surface area contributed by atoms with Gasteiger partial charge in [0.2, 0.25) is 0 Å². The summed E-state index contributed by atoms with van der Waals surface area (Å²) >= 11 is 0. The van der Waals surface area contributed by atoms with Gasteiger partial charge in [-0.3, -0.25) is 0 Å². The van der Waals surface area contributed by atoms with Crippen molar-refractivity contribution >= 4 is 0 Å². The van der Waals surface area contributed by atoms with Gasteiger partial charge < -0.3 is 0 Å². The van der Waals surface area contributed by atoms with Crippen LogP contribution in [0.4, 0.5) is 0 Å². The molecule has 3 fully saturated rings. The zero-order valence-electron chi connectivity index (χ0n) is 16.2. The summed E-state index contributed by atoms with van der Waals surface area (Å²) in [5.41, 5.74) is 7.74. The maximum atomic E-state index is 3.71. The van der Waals surface area contributed by atoms with Crippen molar-refractivity contribution in [2.24, 2.45) is 0 Å². The SMILES string of the molecule is CN1[CH+]C2(c3[c-]cc4c(c3)C(C)(C)c3ccccc3-4)CCC1(C)CC2.[Ir]. The number of hydrogen-bond acceptors (Lipinski definition) is 1. The molecule has 0 aromatic heterocycles. The molecule has 4 aliphatic rings. The third kappa shape index (κ3) is 2.25. The summed E-state index contributed by atoms with van der Waals surface area (Å²) in [4.78, 5) is 2.49. The van der Waals surface area contributed by atoms with Crippen molar-refractivity contribution in [3.05, 3.63) is 65.7 Å². The Morgan fingerprint density at radius 1 is 0.962 bits per heavy atom. The molecular formula is C24H27IrN. The Balaban J connectivity index is 0.00000168. The standard InChI is InChI=1S/C24H27N.Ir/c1-22(2)20-8-6-5-7-18(20)19-10-9-17(15-21(19)22)24-13-11-23(3,12-14-24)25(4)16-24;/h5-8,10,15-16H,11-14H2,1-4H3;. The zero-order valence-corrected chi connectivity index (χ0v) is 18.5. The molecule has 2 aliphatic carbocycles. The molecule has 2 heteroatoms. The molecular weight excluding hydrogens is 494 g/mol.